The molecule has 2 aromatic rings. The van der Waals surface area contributed by atoms with Crippen LogP contribution in [0, 0.1) is 0 Å². The molecule has 0 aromatic heterocycles. The minimum atomic E-state index is -0.255. The van der Waals surface area contributed by atoms with Crippen molar-refractivity contribution in [2.45, 2.75) is 12.3 Å². The number of nitrogens with one attached hydrogen (secondary N) is 1. The first-order valence-electron chi connectivity index (χ1n) is 6.91. The molecule has 21 heavy (non-hydrogen) atoms. The normalized spacial score (nSPS) is 11.7. The maximum absolute atomic E-state index is 12.2. The van der Waals surface area contributed by atoms with Crippen LogP contribution in [-0.4, -0.2) is 19.1 Å². The highest BCUT2D eigenvalue weighted by molar-refractivity contribution is 6.21. The van der Waals surface area contributed by atoms with Gasteiger partial charge in [0.05, 0.1) is 17.5 Å². The summed E-state index contributed by atoms with van der Waals surface area (Å²) in [5, 5.41) is 2.59. The van der Waals surface area contributed by atoms with Crippen molar-refractivity contribution in [1.29, 1.82) is 0 Å². The average molecular weight is 304 g/mol. The summed E-state index contributed by atoms with van der Waals surface area (Å²) in [6.45, 7) is 2.77. The lowest BCUT2D eigenvalue weighted by Gasteiger charge is -2.13. The van der Waals surface area contributed by atoms with Gasteiger partial charge < -0.3 is 10.1 Å². The highest BCUT2D eigenvalue weighted by Gasteiger charge is 2.14. The summed E-state index contributed by atoms with van der Waals surface area (Å²) in [4.78, 5) is 12.2. The van der Waals surface area contributed by atoms with E-state index in [-0.39, 0.29) is 11.3 Å². The van der Waals surface area contributed by atoms with Crippen LogP contribution in [0.15, 0.2) is 54.6 Å². The Morgan fingerprint density at radius 3 is 2.52 bits per heavy atom. The number of amides is 1. The maximum Gasteiger partial charge on any atom is 0.255 e. The molecule has 3 nitrogen and oxygen atoms in total. The Morgan fingerprint density at radius 1 is 1.14 bits per heavy atom. The van der Waals surface area contributed by atoms with E-state index in [0.717, 1.165) is 5.56 Å². The molecule has 1 atom stereocenters. The van der Waals surface area contributed by atoms with Gasteiger partial charge in [-0.1, -0.05) is 42.5 Å². The zero-order chi connectivity index (χ0) is 15.1. The van der Waals surface area contributed by atoms with Crippen molar-refractivity contribution in [3.05, 3.63) is 65.7 Å². The molecule has 0 fully saturated rings. The van der Waals surface area contributed by atoms with Crippen LogP contribution in [-0.2, 0) is 0 Å². The Kier molecular flexibility index (Phi) is 5.64. The molecule has 0 heterocycles. The molecule has 1 amide bonds. The number of carbonyl (C=O) groups is 1. The van der Waals surface area contributed by atoms with Crippen LogP contribution >= 0.6 is 11.6 Å². The Bertz CT molecular complexity index is 586. The molecule has 0 bridgehead atoms. The molecular formula is C17H18ClNO2. The van der Waals surface area contributed by atoms with E-state index in [1.807, 2.05) is 49.4 Å². The van der Waals surface area contributed by atoms with E-state index in [9.17, 15) is 4.79 Å². The second kappa shape index (κ2) is 7.70. The summed E-state index contributed by atoms with van der Waals surface area (Å²) in [7, 11) is 0. The van der Waals surface area contributed by atoms with Crippen LogP contribution in [0.1, 0.15) is 28.2 Å². The van der Waals surface area contributed by atoms with Crippen molar-refractivity contribution >= 4 is 17.5 Å². The fraction of sp³-hybridized carbons (Fsp3) is 0.235. The topological polar surface area (TPSA) is 38.3 Å². The third-order valence-corrected chi connectivity index (χ3v) is 3.44. The molecule has 0 spiro atoms. The smallest absolute Gasteiger partial charge is 0.255 e. The molecule has 0 saturated carbocycles. The molecule has 0 aliphatic rings. The highest BCUT2D eigenvalue weighted by Crippen LogP contribution is 2.20. The Labute approximate surface area is 129 Å². The number of halogens is 1. The second-order valence-corrected chi connectivity index (χ2v) is 5.04. The van der Waals surface area contributed by atoms with E-state index in [4.69, 9.17) is 16.3 Å². The van der Waals surface area contributed by atoms with Crippen LogP contribution in [0.2, 0.25) is 0 Å². The van der Waals surface area contributed by atoms with E-state index < -0.39 is 0 Å². The van der Waals surface area contributed by atoms with E-state index >= 15 is 0 Å². The lowest BCUT2D eigenvalue weighted by atomic mass is 10.1. The first kappa shape index (κ1) is 15.4. The third-order valence-electron chi connectivity index (χ3n) is 3.03. The molecule has 0 saturated heterocycles. The lowest BCUT2D eigenvalue weighted by molar-refractivity contribution is 0.0950. The van der Waals surface area contributed by atoms with Gasteiger partial charge in [-0.25, -0.2) is 0 Å². The highest BCUT2D eigenvalue weighted by atomic mass is 35.5. The number of rotatable bonds is 6. The first-order valence-corrected chi connectivity index (χ1v) is 7.35. The predicted molar refractivity (Wildman–Crippen MR) is 85.0 cm³/mol. The molecule has 4 heteroatoms. The molecule has 2 aromatic carbocycles. The van der Waals surface area contributed by atoms with Crippen molar-refractivity contribution in [2.75, 3.05) is 13.2 Å². The van der Waals surface area contributed by atoms with E-state index in [1.165, 1.54) is 0 Å². The molecule has 1 N–H and O–H groups in total. The lowest BCUT2D eigenvalue weighted by Crippen LogP contribution is -2.27. The minimum Gasteiger partial charge on any atom is -0.493 e. The van der Waals surface area contributed by atoms with Crippen LogP contribution in [0.4, 0.5) is 0 Å². The number of para-hydroxylation sites is 1. The van der Waals surface area contributed by atoms with Crippen molar-refractivity contribution < 1.29 is 9.53 Å². The Morgan fingerprint density at radius 2 is 1.81 bits per heavy atom. The van der Waals surface area contributed by atoms with Gasteiger partial charge in [-0.2, -0.15) is 0 Å². The van der Waals surface area contributed by atoms with E-state index in [0.29, 0.717) is 24.5 Å². The van der Waals surface area contributed by atoms with Gasteiger partial charge >= 0.3 is 0 Å². The molecule has 0 radical (unpaired) electrons. The van der Waals surface area contributed by atoms with Gasteiger partial charge in [0.15, 0.2) is 0 Å². The van der Waals surface area contributed by atoms with E-state index in [2.05, 4.69) is 5.32 Å². The van der Waals surface area contributed by atoms with Crippen LogP contribution in [0.3, 0.4) is 0 Å². The molecule has 0 aliphatic heterocycles. The van der Waals surface area contributed by atoms with Crippen LogP contribution in [0.5, 0.6) is 5.75 Å². The van der Waals surface area contributed by atoms with Gasteiger partial charge in [0.25, 0.3) is 5.91 Å². The van der Waals surface area contributed by atoms with Crippen LogP contribution in [0.25, 0.3) is 0 Å². The van der Waals surface area contributed by atoms with Gasteiger partial charge in [0, 0.05) is 6.54 Å². The number of alkyl halides is 1. The van der Waals surface area contributed by atoms with Gasteiger partial charge in [-0.3, -0.25) is 4.79 Å². The SMILES string of the molecule is CCOc1ccccc1C(=O)NCC(Cl)c1ccccc1. The summed E-state index contributed by atoms with van der Waals surface area (Å²) < 4.78 is 5.46. The summed E-state index contributed by atoms with van der Waals surface area (Å²) in [6, 6.07) is 16.9. The fourth-order valence-corrected chi connectivity index (χ4v) is 2.22. The molecule has 1 unspecified atom stereocenters. The standard InChI is InChI=1S/C17H18ClNO2/c1-2-21-16-11-7-6-10-14(16)17(20)19-12-15(18)13-8-4-3-5-9-13/h3-11,15H,2,12H2,1H3,(H,19,20). The zero-order valence-corrected chi connectivity index (χ0v) is 12.6. The van der Waals surface area contributed by atoms with Crippen molar-refractivity contribution in [1.82, 2.24) is 5.32 Å². The summed E-state index contributed by atoms with van der Waals surface area (Å²) in [6.07, 6.45) is 0. The summed E-state index contributed by atoms with van der Waals surface area (Å²) >= 11 is 6.29. The molecular weight excluding hydrogens is 286 g/mol. The summed E-state index contributed by atoms with van der Waals surface area (Å²) in [5.74, 6) is 0.406. The third kappa shape index (κ3) is 4.23. The van der Waals surface area contributed by atoms with Gasteiger partial charge in [0.1, 0.15) is 5.75 Å². The number of hydrogen-bond acceptors (Lipinski definition) is 2. The zero-order valence-electron chi connectivity index (χ0n) is 11.9. The Balaban J connectivity index is 1.99. The quantitative estimate of drug-likeness (QED) is 0.824. The van der Waals surface area contributed by atoms with Gasteiger partial charge in [-0.05, 0) is 24.6 Å². The van der Waals surface area contributed by atoms with Crippen LogP contribution < -0.4 is 10.1 Å². The van der Waals surface area contributed by atoms with Crippen molar-refractivity contribution in [2.24, 2.45) is 0 Å². The minimum absolute atomic E-state index is 0.180. The number of carbonyl (C=O) groups excluding carboxylic acids is 1. The monoisotopic (exact) mass is 303 g/mol. The maximum atomic E-state index is 12.2. The largest absolute Gasteiger partial charge is 0.493 e. The second-order valence-electron chi connectivity index (χ2n) is 4.52. The number of hydrogen-bond donors (Lipinski definition) is 1. The van der Waals surface area contributed by atoms with E-state index in [1.54, 1.807) is 12.1 Å². The molecule has 0 aliphatic carbocycles. The van der Waals surface area contributed by atoms with Gasteiger partial charge in [0.2, 0.25) is 0 Å². The Hall–Kier alpha value is -2.00. The average Bonchev–Trinajstić information content (AvgIpc) is 2.54. The van der Waals surface area contributed by atoms with Gasteiger partial charge in [-0.15, -0.1) is 11.6 Å². The predicted octanol–water partition coefficient (Wildman–Crippen LogP) is 3.80. The molecule has 2 rings (SSSR count). The molecule has 110 valence electrons. The van der Waals surface area contributed by atoms with Crippen molar-refractivity contribution in [3.8, 4) is 5.75 Å². The van der Waals surface area contributed by atoms with Crippen molar-refractivity contribution in [3.63, 3.8) is 0 Å². The first-order chi connectivity index (χ1) is 10.2. The number of benzene rings is 2. The number of ether oxygens (including phenoxy) is 1. The fourth-order valence-electron chi connectivity index (χ4n) is 1.99. The summed E-state index contributed by atoms with van der Waals surface area (Å²) in [5.41, 5.74) is 1.51.